The summed E-state index contributed by atoms with van der Waals surface area (Å²) in [5.74, 6) is -0.181. The number of rotatable bonds is 7. The van der Waals surface area contributed by atoms with Gasteiger partial charge in [0, 0.05) is 31.0 Å². The molecule has 9 nitrogen and oxygen atoms in total. The van der Waals surface area contributed by atoms with E-state index in [0.29, 0.717) is 17.5 Å². The maximum atomic E-state index is 13.1. The second-order valence-corrected chi connectivity index (χ2v) is 8.03. The van der Waals surface area contributed by atoms with Crippen molar-refractivity contribution in [3.8, 4) is 5.75 Å². The predicted octanol–water partition coefficient (Wildman–Crippen LogP) is 1.58. The molecule has 2 aliphatic rings. The van der Waals surface area contributed by atoms with Crippen LogP contribution in [-0.4, -0.2) is 46.0 Å². The molecule has 4 rings (SSSR count). The number of primary amides is 2. The fourth-order valence-electron chi connectivity index (χ4n) is 4.30. The third-order valence-corrected chi connectivity index (χ3v) is 5.80. The van der Waals surface area contributed by atoms with Crippen LogP contribution in [0, 0.1) is 5.82 Å². The number of fused-ring (bicyclic) bond motifs is 2. The monoisotopic (exact) mass is 428 g/mol. The zero-order valence-electron chi connectivity index (χ0n) is 17.1. The van der Waals surface area contributed by atoms with E-state index < -0.39 is 17.9 Å². The lowest BCUT2D eigenvalue weighted by atomic mass is 10.00. The normalized spacial score (nSPS) is 23.3. The van der Waals surface area contributed by atoms with Gasteiger partial charge < -0.3 is 26.4 Å². The molecule has 0 radical (unpaired) electrons. The van der Waals surface area contributed by atoms with E-state index in [1.165, 1.54) is 18.2 Å². The van der Waals surface area contributed by atoms with E-state index in [2.05, 4.69) is 20.2 Å². The van der Waals surface area contributed by atoms with Crippen molar-refractivity contribution in [2.75, 3.05) is 10.2 Å². The highest BCUT2D eigenvalue weighted by Gasteiger charge is 2.43. The van der Waals surface area contributed by atoms with E-state index in [-0.39, 0.29) is 29.7 Å². The molecule has 164 valence electrons. The van der Waals surface area contributed by atoms with E-state index in [9.17, 15) is 14.0 Å². The Morgan fingerprint density at radius 3 is 2.39 bits per heavy atom. The molecule has 3 heterocycles. The highest BCUT2D eigenvalue weighted by atomic mass is 19.1. The summed E-state index contributed by atoms with van der Waals surface area (Å²) >= 11 is 0. The maximum Gasteiger partial charge on any atom is 0.267 e. The van der Waals surface area contributed by atoms with Crippen LogP contribution in [0.2, 0.25) is 0 Å². The molecule has 5 N–H and O–H groups in total. The number of benzene rings is 1. The minimum atomic E-state index is -0.680. The molecule has 2 aliphatic heterocycles. The maximum absolute atomic E-state index is 13.1. The molecule has 31 heavy (non-hydrogen) atoms. The van der Waals surface area contributed by atoms with Gasteiger partial charge in [-0.2, -0.15) is 4.98 Å². The number of nitrogens with zero attached hydrogens (tertiary/aromatic N) is 3. The van der Waals surface area contributed by atoms with Crippen molar-refractivity contribution in [1.29, 1.82) is 0 Å². The van der Waals surface area contributed by atoms with Crippen molar-refractivity contribution < 1.29 is 18.7 Å². The minimum absolute atomic E-state index is 0.00832. The second kappa shape index (κ2) is 8.37. The molecule has 2 saturated heterocycles. The van der Waals surface area contributed by atoms with Gasteiger partial charge in [0.25, 0.3) is 5.91 Å². The van der Waals surface area contributed by atoms with Gasteiger partial charge in [0.2, 0.25) is 11.9 Å². The fourth-order valence-corrected chi connectivity index (χ4v) is 4.30. The van der Waals surface area contributed by atoms with Crippen LogP contribution in [0.1, 0.15) is 43.1 Å². The highest BCUT2D eigenvalue weighted by molar-refractivity contribution is 5.92. The lowest BCUT2D eigenvalue weighted by molar-refractivity contribution is -0.118. The van der Waals surface area contributed by atoms with Crippen molar-refractivity contribution >= 4 is 23.6 Å². The number of carbonyl (C=O) groups is 2. The first-order valence-corrected chi connectivity index (χ1v) is 10.3. The van der Waals surface area contributed by atoms with E-state index >= 15 is 0 Å². The molecule has 2 amide bonds. The van der Waals surface area contributed by atoms with Gasteiger partial charge in [-0.1, -0.05) is 0 Å². The quantitative estimate of drug-likeness (QED) is 0.609. The summed E-state index contributed by atoms with van der Waals surface area (Å²) in [6.45, 7) is 1.61. The lowest BCUT2D eigenvalue weighted by Crippen LogP contribution is -2.47. The largest absolute Gasteiger partial charge is 0.490 e. The van der Waals surface area contributed by atoms with E-state index in [0.717, 1.165) is 25.7 Å². The Kier molecular flexibility index (Phi) is 5.62. The molecule has 1 aromatic carbocycles. The van der Waals surface area contributed by atoms with Crippen LogP contribution >= 0.6 is 0 Å². The van der Waals surface area contributed by atoms with Crippen molar-refractivity contribution in [1.82, 2.24) is 9.97 Å². The Balaban J connectivity index is 1.54. The van der Waals surface area contributed by atoms with Crippen LogP contribution in [0.3, 0.4) is 0 Å². The Bertz CT molecular complexity index is 972. The van der Waals surface area contributed by atoms with Crippen molar-refractivity contribution in [3.63, 3.8) is 0 Å². The number of amides is 2. The van der Waals surface area contributed by atoms with E-state index in [1.807, 2.05) is 0 Å². The van der Waals surface area contributed by atoms with Crippen LogP contribution in [0.5, 0.6) is 5.75 Å². The molecule has 0 aliphatic carbocycles. The molecule has 2 bridgehead atoms. The summed E-state index contributed by atoms with van der Waals surface area (Å²) in [5.41, 5.74) is 10.8. The van der Waals surface area contributed by atoms with Gasteiger partial charge in [0.1, 0.15) is 35.2 Å². The average Bonchev–Trinajstić information content (AvgIpc) is 3.00. The molecule has 2 fully saturated rings. The number of ether oxygens (including phenoxy) is 1. The zero-order chi connectivity index (χ0) is 22.1. The Labute approximate surface area is 179 Å². The number of hydrogen-bond donors (Lipinski definition) is 3. The van der Waals surface area contributed by atoms with Crippen LogP contribution in [0.4, 0.5) is 16.2 Å². The van der Waals surface area contributed by atoms with Crippen molar-refractivity contribution in [2.24, 2.45) is 11.5 Å². The molecule has 0 spiro atoms. The van der Waals surface area contributed by atoms with Crippen molar-refractivity contribution in [2.45, 2.75) is 56.8 Å². The Morgan fingerprint density at radius 2 is 1.81 bits per heavy atom. The highest BCUT2D eigenvalue weighted by Crippen LogP contribution is 2.39. The van der Waals surface area contributed by atoms with Gasteiger partial charge in [0.15, 0.2) is 0 Å². The molecular weight excluding hydrogens is 403 g/mol. The van der Waals surface area contributed by atoms with E-state index in [1.54, 1.807) is 19.1 Å². The summed E-state index contributed by atoms with van der Waals surface area (Å²) in [6.07, 6.45) is 3.37. The number of carbonyl (C=O) groups excluding carboxylic acids is 2. The number of anilines is 2. The standard InChI is InChI=1S/C21H25FN6O3/c1-11(19(23)29)25-18-10-17(20(24)30)26-21(27-18)28-13-4-5-14(28)9-16(8-13)31-15-6-2-12(22)3-7-15/h2-3,6-7,10-11,13-14,16H,4-5,8-9H2,1H3,(H2,23,29)(H2,24,30)(H,25,26,27). The zero-order valence-corrected chi connectivity index (χ0v) is 17.1. The van der Waals surface area contributed by atoms with Crippen LogP contribution in [0.15, 0.2) is 30.3 Å². The number of halogens is 1. The lowest BCUT2D eigenvalue weighted by Gasteiger charge is -2.39. The number of nitrogens with one attached hydrogen (secondary N) is 1. The van der Waals surface area contributed by atoms with Gasteiger partial charge in [-0.25, -0.2) is 9.37 Å². The summed E-state index contributed by atoms with van der Waals surface area (Å²) < 4.78 is 19.2. The van der Waals surface area contributed by atoms with Gasteiger partial charge in [0.05, 0.1) is 0 Å². The first-order chi connectivity index (χ1) is 14.8. The number of hydrogen-bond acceptors (Lipinski definition) is 7. The first kappa shape index (κ1) is 20.8. The molecule has 2 aromatic rings. The third-order valence-electron chi connectivity index (χ3n) is 5.80. The van der Waals surface area contributed by atoms with Crippen LogP contribution < -0.4 is 26.4 Å². The topological polar surface area (TPSA) is 136 Å². The summed E-state index contributed by atoms with van der Waals surface area (Å²) in [7, 11) is 0. The molecule has 3 atom stereocenters. The molecule has 10 heteroatoms. The predicted molar refractivity (Wildman–Crippen MR) is 112 cm³/mol. The number of piperidine rings is 1. The van der Waals surface area contributed by atoms with Gasteiger partial charge in [-0.05, 0) is 44.0 Å². The first-order valence-electron chi connectivity index (χ1n) is 10.3. The number of aromatic nitrogens is 2. The molecule has 0 saturated carbocycles. The average molecular weight is 428 g/mol. The summed E-state index contributed by atoms with van der Waals surface area (Å²) in [4.78, 5) is 34.2. The van der Waals surface area contributed by atoms with Gasteiger partial charge >= 0.3 is 0 Å². The van der Waals surface area contributed by atoms with E-state index in [4.69, 9.17) is 16.2 Å². The van der Waals surface area contributed by atoms with Crippen LogP contribution in [-0.2, 0) is 4.79 Å². The smallest absolute Gasteiger partial charge is 0.267 e. The molecular formula is C21H25FN6O3. The van der Waals surface area contributed by atoms with Gasteiger partial charge in [-0.15, -0.1) is 0 Å². The third kappa shape index (κ3) is 4.52. The number of nitrogens with two attached hydrogens (primary N) is 2. The second-order valence-electron chi connectivity index (χ2n) is 8.03. The minimum Gasteiger partial charge on any atom is -0.490 e. The molecule has 1 aromatic heterocycles. The Hall–Kier alpha value is -3.43. The summed E-state index contributed by atoms with van der Waals surface area (Å²) in [6, 6.07) is 7.02. The fraction of sp³-hybridized carbons (Fsp3) is 0.429. The molecule has 3 unspecified atom stereocenters. The Morgan fingerprint density at radius 1 is 1.16 bits per heavy atom. The summed E-state index contributed by atoms with van der Waals surface area (Å²) in [5, 5.41) is 2.90. The SMILES string of the molecule is CC(Nc1cc(C(N)=O)nc(N2C3CCC2CC(Oc2ccc(F)cc2)C3)n1)C(N)=O. The van der Waals surface area contributed by atoms with Crippen molar-refractivity contribution in [3.05, 3.63) is 41.8 Å². The van der Waals surface area contributed by atoms with Crippen LogP contribution in [0.25, 0.3) is 0 Å². The van der Waals surface area contributed by atoms with Gasteiger partial charge in [-0.3, -0.25) is 9.59 Å².